The van der Waals surface area contributed by atoms with Crippen molar-refractivity contribution < 1.29 is 15.0 Å². The number of rotatable bonds is 3. The van der Waals surface area contributed by atoms with Gasteiger partial charge in [0.2, 0.25) is 5.91 Å². The number of phenolic OH excluding ortho intramolecular Hbond substituents is 2. The highest BCUT2D eigenvalue weighted by Crippen LogP contribution is 2.23. The Morgan fingerprint density at radius 3 is 2.38 bits per heavy atom. The van der Waals surface area contributed by atoms with Crippen molar-refractivity contribution in [2.24, 2.45) is 4.99 Å². The fourth-order valence-corrected chi connectivity index (χ4v) is 1.73. The average Bonchev–Trinajstić information content (AvgIpc) is 2.46. The van der Waals surface area contributed by atoms with Crippen LogP contribution >= 0.6 is 0 Å². The van der Waals surface area contributed by atoms with Gasteiger partial charge in [-0.2, -0.15) is 0 Å². The maximum Gasteiger partial charge on any atom is 0.223 e. The Hall–Kier alpha value is -2.82. The number of nitrogens with zero attached hydrogens (tertiary/aromatic N) is 2. The third-order valence-electron chi connectivity index (χ3n) is 3.08. The summed E-state index contributed by atoms with van der Waals surface area (Å²) in [5, 5.41) is 18.9. The largest absolute Gasteiger partial charge is 0.508 e. The second-order valence-corrected chi connectivity index (χ2v) is 4.60. The molecule has 0 atom stereocenters. The van der Waals surface area contributed by atoms with Gasteiger partial charge in [-0.1, -0.05) is 0 Å². The van der Waals surface area contributed by atoms with Gasteiger partial charge >= 0.3 is 0 Å². The molecule has 21 heavy (non-hydrogen) atoms. The summed E-state index contributed by atoms with van der Waals surface area (Å²) >= 11 is 0. The van der Waals surface area contributed by atoms with E-state index in [4.69, 9.17) is 0 Å². The number of aromatic hydroxyl groups is 2. The third kappa shape index (κ3) is 3.60. The summed E-state index contributed by atoms with van der Waals surface area (Å²) in [5.74, 6) is -0.0757. The molecule has 2 aromatic carbocycles. The second-order valence-electron chi connectivity index (χ2n) is 4.60. The zero-order chi connectivity index (χ0) is 15.4. The summed E-state index contributed by atoms with van der Waals surface area (Å²) in [5.41, 5.74) is 2.00. The molecule has 1 amide bonds. The first-order valence-corrected chi connectivity index (χ1v) is 6.38. The van der Waals surface area contributed by atoms with E-state index in [2.05, 4.69) is 4.99 Å². The molecule has 0 unspecified atom stereocenters. The first-order valence-electron chi connectivity index (χ1n) is 6.38. The number of hydrogen-bond acceptors (Lipinski definition) is 4. The topological polar surface area (TPSA) is 73.1 Å². The van der Waals surface area contributed by atoms with E-state index in [1.54, 1.807) is 42.3 Å². The van der Waals surface area contributed by atoms with E-state index < -0.39 is 0 Å². The maximum atomic E-state index is 11.3. The van der Waals surface area contributed by atoms with Gasteiger partial charge < -0.3 is 15.1 Å². The molecule has 0 bridgehead atoms. The summed E-state index contributed by atoms with van der Waals surface area (Å²) in [6.45, 7) is 1.50. The van der Waals surface area contributed by atoms with Gasteiger partial charge in [0.25, 0.3) is 0 Å². The smallest absolute Gasteiger partial charge is 0.223 e. The van der Waals surface area contributed by atoms with Crippen LogP contribution in [0.2, 0.25) is 0 Å². The van der Waals surface area contributed by atoms with Crippen molar-refractivity contribution in [3.05, 3.63) is 48.0 Å². The molecule has 108 valence electrons. The number of carbonyl (C=O) groups is 1. The molecule has 0 aliphatic heterocycles. The number of amides is 1. The molecule has 0 spiro atoms. The van der Waals surface area contributed by atoms with Crippen LogP contribution in [0.4, 0.5) is 11.4 Å². The standard InChI is InChI=1S/C16H16N2O3/c1-11(19)18(2)14-6-4-13(5-7-14)17-10-12-3-8-15(20)9-16(12)21/h3-10,20-21H,1-2H3. The number of anilines is 1. The Labute approximate surface area is 122 Å². The van der Waals surface area contributed by atoms with Crippen LogP contribution in [-0.4, -0.2) is 29.4 Å². The van der Waals surface area contributed by atoms with E-state index in [0.29, 0.717) is 11.3 Å². The lowest BCUT2D eigenvalue weighted by molar-refractivity contribution is -0.116. The first-order chi connectivity index (χ1) is 9.97. The number of carbonyl (C=O) groups excluding carboxylic acids is 1. The van der Waals surface area contributed by atoms with Crippen molar-refractivity contribution >= 4 is 23.5 Å². The Morgan fingerprint density at radius 1 is 1.14 bits per heavy atom. The summed E-state index contributed by atoms with van der Waals surface area (Å²) < 4.78 is 0. The van der Waals surface area contributed by atoms with Gasteiger partial charge in [0.1, 0.15) is 11.5 Å². The molecule has 0 saturated heterocycles. The van der Waals surface area contributed by atoms with E-state index >= 15 is 0 Å². The lowest BCUT2D eigenvalue weighted by Gasteiger charge is -2.14. The molecule has 0 aliphatic rings. The van der Waals surface area contributed by atoms with E-state index in [1.807, 2.05) is 0 Å². The minimum atomic E-state index is -0.0414. The van der Waals surface area contributed by atoms with Crippen LogP contribution in [0.1, 0.15) is 12.5 Å². The van der Waals surface area contributed by atoms with E-state index in [9.17, 15) is 15.0 Å². The predicted octanol–water partition coefficient (Wildman–Crippen LogP) is 2.83. The Balaban J connectivity index is 2.16. The SMILES string of the molecule is CC(=O)N(C)c1ccc(N=Cc2ccc(O)cc2O)cc1. The summed E-state index contributed by atoms with van der Waals surface area (Å²) in [6.07, 6.45) is 1.51. The molecule has 0 saturated carbocycles. The maximum absolute atomic E-state index is 11.3. The van der Waals surface area contributed by atoms with Gasteiger partial charge in [0.05, 0.1) is 5.69 Å². The monoisotopic (exact) mass is 284 g/mol. The van der Waals surface area contributed by atoms with Crippen molar-refractivity contribution in [3.63, 3.8) is 0 Å². The number of phenols is 2. The van der Waals surface area contributed by atoms with Crippen molar-refractivity contribution in [1.29, 1.82) is 0 Å². The molecule has 0 radical (unpaired) electrons. The molecular weight excluding hydrogens is 268 g/mol. The van der Waals surface area contributed by atoms with Crippen LogP contribution in [0.3, 0.4) is 0 Å². The van der Waals surface area contributed by atoms with Gasteiger partial charge in [-0.25, -0.2) is 0 Å². The molecule has 5 heteroatoms. The zero-order valence-electron chi connectivity index (χ0n) is 11.8. The lowest BCUT2D eigenvalue weighted by atomic mass is 10.2. The normalized spacial score (nSPS) is 10.8. The Morgan fingerprint density at radius 2 is 1.81 bits per heavy atom. The highest BCUT2D eigenvalue weighted by Gasteiger charge is 2.04. The molecule has 0 aromatic heterocycles. The molecular formula is C16H16N2O3. The van der Waals surface area contributed by atoms with Gasteiger partial charge in [-0.15, -0.1) is 0 Å². The molecule has 2 aromatic rings. The van der Waals surface area contributed by atoms with Crippen LogP contribution in [0.15, 0.2) is 47.5 Å². The van der Waals surface area contributed by atoms with Crippen molar-refractivity contribution in [1.82, 2.24) is 0 Å². The highest BCUT2D eigenvalue weighted by atomic mass is 16.3. The predicted molar refractivity (Wildman–Crippen MR) is 82.6 cm³/mol. The molecule has 0 heterocycles. The van der Waals surface area contributed by atoms with Crippen LogP contribution in [0.25, 0.3) is 0 Å². The molecule has 0 fully saturated rings. The summed E-state index contributed by atoms with van der Waals surface area (Å²) in [4.78, 5) is 17.0. The Bertz CT molecular complexity index is 678. The van der Waals surface area contributed by atoms with Crippen LogP contribution < -0.4 is 4.90 Å². The quantitative estimate of drug-likeness (QED) is 0.851. The van der Waals surface area contributed by atoms with E-state index in [-0.39, 0.29) is 17.4 Å². The van der Waals surface area contributed by atoms with Gasteiger partial charge in [0, 0.05) is 37.5 Å². The molecule has 5 nitrogen and oxygen atoms in total. The molecule has 0 aliphatic carbocycles. The fraction of sp³-hybridized carbons (Fsp3) is 0.125. The van der Waals surface area contributed by atoms with E-state index in [1.165, 1.54) is 25.3 Å². The van der Waals surface area contributed by atoms with Gasteiger partial charge in [0.15, 0.2) is 0 Å². The van der Waals surface area contributed by atoms with Crippen molar-refractivity contribution in [2.45, 2.75) is 6.92 Å². The minimum absolute atomic E-state index is 0.00118. The fourth-order valence-electron chi connectivity index (χ4n) is 1.73. The van der Waals surface area contributed by atoms with Crippen LogP contribution in [-0.2, 0) is 4.79 Å². The summed E-state index contributed by atoms with van der Waals surface area (Å²) in [6, 6.07) is 11.5. The lowest BCUT2D eigenvalue weighted by Crippen LogP contribution is -2.22. The summed E-state index contributed by atoms with van der Waals surface area (Å²) in [7, 11) is 1.70. The van der Waals surface area contributed by atoms with Crippen LogP contribution in [0, 0.1) is 0 Å². The first kappa shape index (κ1) is 14.6. The molecule has 2 rings (SSSR count). The zero-order valence-corrected chi connectivity index (χ0v) is 11.8. The number of benzene rings is 2. The number of hydrogen-bond donors (Lipinski definition) is 2. The van der Waals surface area contributed by atoms with Gasteiger partial charge in [-0.3, -0.25) is 9.79 Å². The van der Waals surface area contributed by atoms with Crippen LogP contribution in [0.5, 0.6) is 11.5 Å². The number of aliphatic imine (C=N–C) groups is 1. The minimum Gasteiger partial charge on any atom is -0.508 e. The highest BCUT2D eigenvalue weighted by molar-refractivity contribution is 5.91. The van der Waals surface area contributed by atoms with Gasteiger partial charge in [-0.05, 0) is 36.4 Å². The van der Waals surface area contributed by atoms with E-state index in [0.717, 1.165) is 5.69 Å². The van der Waals surface area contributed by atoms with Crippen molar-refractivity contribution in [3.8, 4) is 11.5 Å². The third-order valence-corrected chi connectivity index (χ3v) is 3.08. The molecule has 2 N–H and O–H groups in total. The van der Waals surface area contributed by atoms with Crippen molar-refractivity contribution in [2.75, 3.05) is 11.9 Å². The average molecular weight is 284 g/mol. The Kier molecular flexibility index (Phi) is 4.23. The second kappa shape index (κ2) is 6.09.